The number of amides is 1. The van der Waals surface area contributed by atoms with Gasteiger partial charge in [-0.05, 0) is 30.0 Å². The lowest BCUT2D eigenvalue weighted by Gasteiger charge is -2.25. The van der Waals surface area contributed by atoms with Gasteiger partial charge >= 0.3 is 5.97 Å². The fraction of sp³-hybridized carbons (Fsp3) is 0.467. The zero-order valence-corrected chi connectivity index (χ0v) is 11.4. The summed E-state index contributed by atoms with van der Waals surface area (Å²) in [4.78, 5) is 23.3. The van der Waals surface area contributed by atoms with E-state index in [9.17, 15) is 14.7 Å². The van der Waals surface area contributed by atoms with Crippen LogP contribution in [0.2, 0.25) is 0 Å². The third kappa shape index (κ3) is 1.77. The zero-order chi connectivity index (χ0) is 14.3. The van der Waals surface area contributed by atoms with Gasteiger partial charge in [0.15, 0.2) is 0 Å². The largest absolute Gasteiger partial charge is 0.495 e. The minimum absolute atomic E-state index is 0.0775. The van der Waals surface area contributed by atoms with Crippen LogP contribution in [0.15, 0.2) is 12.1 Å². The van der Waals surface area contributed by atoms with E-state index in [0.29, 0.717) is 24.3 Å². The minimum atomic E-state index is -0.825. The summed E-state index contributed by atoms with van der Waals surface area (Å²) in [5.74, 6) is -0.309. The normalized spacial score (nSPS) is 19.6. The summed E-state index contributed by atoms with van der Waals surface area (Å²) in [6.45, 7) is 0. The number of carboxylic acid groups (broad SMARTS) is 1. The second kappa shape index (κ2) is 4.51. The van der Waals surface area contributed by atoms with Gasteiger partial charge in [-0.15, -0.1) is 0 Å². The molecular weight excluding hydrogens is 258 g/mol. The van der Waals surface area contributed by atoms with Gasteiger partial charge in [0.2, 0.25) is 5.91 Å². The van der Waals surface area contributed by atoms with E-state index in [2.05, 4.69) is 5.32 Å². The molecule has 0 unspecified atom stereocenters. The van der Waals surface area contributed by atoms with Crippen LogP contribution in [0.5, 0.6) is 5.75 Å². The SMILES string of the molecule is COc1cc(C2(C(=O)O)CCCC2)cc2c1NC(=O)C2. The van der Waals surface area contributed by atoms with Crippen LogP contribution in [-0.4, -0.2) is 24.1 Å². The highest BCUT2D eigenvalue weighted by Crippen LogP contribution is 2.45. The monoisotopic (exact) mass is 275 g/mol. The van der Waals surface area contributed by atoms with Crippen LogP contribution < -0.4 is 10.1 Å². The Hall–Kier alpha value is -2.04. The van der Waals surface area contributed by atoms with Crippen molar-refractivity contribution in [3.63, 3.8) is 0 Å². The van der Waals surface area contributed by atoms with Crippen LogP contribution in [0.3, 0.4) is 0 Å². The van der Waals surface area contributed by atoms with E-state index in [1.807, 2.05) is 6.07 Å². The Labute approximate surface area is 116 Å². The Morgan fingerprint density at radius 3 is 2.65 bits per heavy atom. The molecule has 0 spiro atoms. The summed E-state index contributed by atoms with van der Waals surface area (Å²) in [6, 6.07) is 3.62. The van der Waals surface area contributed by atoms with Crippen molar-refractivity contribution >= 4 is 17.6 Å². The molecule has 0 radical (unpaired) electrons. The van der Waals surface area contributed by atoms with Crippen molar-refractivity contribution in [2.45, 2.75) is 37.5 Å². The number of carbonyl (C=O) groups excluding carboxylic acids is 1. The van der Waals surface area contributed by atoms with E-state index >= 15 is 0 Å². The predicted octanol–water partition coefficient (Wildman–Crippen LogP) is 2.09. The molecule has 106 valence electrons. The number of carboxylic acids is 1. The number of anilines is 1. The predicted molar refractivity (Wildman–Crippen MR) is 73.1 cm³/mol. The van der Waals surface area contributed by atoms with Gasteiger partial charge in [-0.3, -0.25) is 9.59 Å². The standard InChI is InChI=1S/C15H17NO4/c1-20-11-8-10(6-9-7-12(17)16-13(9)11)15(14(18)19)4-2-3-5-15/h6,8H,2-5,7H2,1H3,(H,16,17)(H,18,19). The molecule has 5 heteroatoms. The molecular formula is C15H17NO4. The third-order valence-electron chi connectivity index (χ3n) is 4.44. The first-order valence-corrected chi connectivity index (χ1v) is 6.81. The van der Waals surface area contributed by atoms with Crippen molar-refractivity contribution < 1.29 is 19.4 Å². The third-order valence-corrected chi connectivity index (χ3v) is 4.44. The lowest BCUT2D eigenvalue weighted by atomic mass is 9.78. The van der Waals surface area contributed by atoms with Crippen molar-refractivity contribution in [3.05, 3.63) is 23.3 Å². The smallest absolute Gasteiger partial charge is 0.314 e. The van der Waals surface area contributed by atoms with Gasteiger partial charge in [0, 0.05) is 0 Å². The first kappa shape index (κ1) is 13.0. The lowest BCUT2D eigenvalue weighted by Crippen LogP contribution is -2.32. The summed E-state index contributed by atoms with van der Waals surface area (Å²) < 4.78 is 5.32. The van der Waals surface area contributed by atoms with E-state index in [1.165, 1.54) is 7.11 Å². The molecule has 1 amide bonds. The maximum Gasteiger partial charge on any atom is 0.314 e. The maximum atomic E-state index is 11.8. The molecule has 20 heavy (non-hydrogen) atoms. The zero-order valence-electron chi connectivity index (χ0n) is 11.4. The van der Waals surface area contributed by atoms with E-state index in [-0.39, 0.29) is 12.3 Å². The number of methoxy groups -OCH3 is 1. The van der Waals surface area contributed by atoms with Crippen molar-refractivity contribution in [2.24, 2.45) is 0 Å². The molecule has 5 nitrogen and oxygen atoms in total. The molecule has 0 aromatic heterocycles. The first-order valence-electron chi connectivity index (χ1n) is 6.81. The number of ether oxygens (including phenoxy) is 1. The number of aliphatic carboxylic acids is 1. The number of nitrogens with one attached hydrogen (secondary N) is 1. The molecule has 0 bridgehead atoms. The van der Waals surface area contributed by atoms with Crippen LogP contribution in [0.1, 0.15) is 36.8 Å². The fourth-order valence-electron chi connectivity index (χ4n) is 3.35. The Morgan fingerprint density at radius 1 is 1.35 bits per heavy atom. The topological polar surface area (TPSA) is 75.6 Å². The van der Waals surface area contributed by atoms with Crippen LogP contribution in [0.4, 0.5) is 5.69 Å². The Kier molecular flexibility index (Phi) is 2.92. The molecule has 2 N–H and O–H groups in total. The number of rotatable bonds is 3. The average Bonchev–Trinajstić information content (AvgIpc) is 3.02. The quantitative estimate of drug-likeness (QED) is 0.885. The van der Waals surface area contributed by atoms with E-state index < -0.39 is 11.4 Å². The van der Waals surface area contributed by atoms with Gasteiger partial charge in [0.05, 0.1) is 24.6 Å². The molecule has 1 aliphatic heterocycles. The summed E-state index contributed by atoms with van der Waals surface area (Å²) in [6.07, 6.45) is 3.41. The van der Waals surface area contributed by atoms with Crippen molar-refractivity contribution in [3.8, 4) is 5.75 Å². The maximum absolute atomic E-state index is 11.8. The second-order valence-corrected chi connectivity index (χ2v) is 5.53. The molecule has 1 saturated carbocycles. The summed E-state index contributed by atoms with van der Waals surface area (Å²) in [7, 11) is 1.53. The molecule has 1 heterocycles. The Bertz CT molecular complexity index is 588. The molecule has 0 saturated heterocycles. The van der Waals surface area contributed by atoms with Crippen molar-refractivity contribution in [2.75, 3.05) is 12.4 Å². The number of fused-ring (bicyclic) bond motifs is 1. The van der Waals surface area contributed by atoms with Crippen LogP contribution in [0, 0.1) is 0 Å². The molecule has 3 rings (SSSR count). The fourth-order valence-corrected chi connectivity index (χ4v) is 3.35. The van der Waals surface area contributed by atoms with E-state index in [0.717, 1.165) is 24.0 Å². The van der Waals surface area contributed by atoms with Crippen LogP contribution in [-0.2, 0) is 21.4 Å². The molecule has 1 aromatic rings. The highest BCUT2D eigenvalue weighted by Gasteiger charge is 2.44. The molecule has 1 aromatic carbocycles. The van der Waals surface area contributed by atoms with Crippen molar-refractivity contribution in [1.29, 1.82) is 0 Å². The number of carbonyl (C=O) groups is 2. The van der Waals surface area contributed by atoms with Gasteiger partial charge in [-0.25, -0.2) is 0 Å². The second-order valence-electron chi connectivity index (χ2n) is 5.53. The van der Waals surface area contributed by atoms with Crippen LogP contribution in [0.25, 0.3) is 0 Å². The van der Waals surface area contributed by atoms with Gasteiger partial charge in [-0.1, -0.05) is 18.9 Å². The summed E-state index contributed by atoms with van der Waals surface area (Å²) in [5, 5.41) is 12.4. The van der Waals surface area contributed by atoms with Gasteiger partial charge < -0.3 is 15.2 Å². The highest BCUT2D eigenvalue weighted by atomic mass is 16.5. The minimum Gasteiger partial charge on any atom is -0.495 e. The molecule has 2 aliphatic rings. The molecule has 1 fully saturated rings. The van der Waals surface area contributed by atoms with E-state index in [4.69, 9.17) is 4.74 Å². The Morgan fingerprint density at radius 2 is 2.05 bits per heavy atom. The van der Waals surface area contributed by atoms with Gasteiger partial charge in [0.25, 0.3) is 0 Å². The number of hydrogen-bond acceptors (Lipinski definition) is 3. The number of benzene rings is 1. The van der Waals surface area contributed by atoms with Gasteiger partial charge in [0.1, 0.15) is 5.75 Å². The van der Waals surface area contributed by atoms with Crippen molar-refractivity contribution in [1.82, 2.24) is 0 Å². The lowest BCUT2D eigenvalue weighted by molar-refractivity contribution is -0.143. The van der Waals surface area contributed by atoms with E-state index in [1.54, 1.807) is 6.07 Å². The van der Waals surface area contributed by atoms with Crippen LogP contribution >= 0.6 is 0 Å². The first-order chi connectivity index (χ1) is 9.56. The molecule has 0 atom stereocenters. The van der Waals surface area contributed by atoms with Gasteiger partial charge in [-0.2, -0.15) is 0 Å². The average molecular weight is 275 g/mol. The Balaban J connectivity index is 2.13. The number of hydrogen-bond donors (Lipinski definition) is 2. The summed E-state index contributed by atoms with van der Waals surface area (Å²) >= 11 is 0. The summed E-state index contributed by atoms with van der Waals surface area (Å²) in [5.41, 5.74) is 1.44. The highest BCUT2D eigenvalue weighted by molar-refractivity contribution is 6.01. The molecule has 1 aliphatic carbocycles.